The number of phenols is 1. The molecule has 3 heteroatoms. The van der Waals surface area contributed by atoms with E-state index >= 15 is 0 Å². The fraction of sp³-hybridized carbons (Fsp3) is 0.100. The molecule has 0 saturated carbocycles. The topological polar surface area (TPSA) is 37.3 Å². The second-order valence-electron chi connectivity index (χ2n) is 2.95. The van der Waals surface area contributed by atoms with Crippen molar-refractivity contribution in [3.05, 3.63) is 34.4 Å². The normalized spacial score (nSPS) is 14.4. The van der Waals surface area contributed by atoms with E-state index in [0.717, 1.165) is 11.1 Å². The molecule has 2 nitrogen and oxygen atoms in total. The summed E-state index contributed by atoms with van der Waals surface area (Å²) in [5, 5.41) is 9.61. The average molecular weight is 195 g/mol. The van der Waals surface area contributed by atoms with Crippen LogP contribution in [0.1, 0.15) is 11.1 Å². The molecule has 13 heavy (non-hydrogen) atoms. The predicted molar refractivity (Wildman–Crippen MR) is 50.9 cm³/mol. The van der Waals surface area contributed by atoms with E-state index in [1.165, 1.54) is 12.1 Å². The smallest absolute Gasteiger partial charge is 0.160 e. The lowest BCUT2D eigenvalue weighted by molar-refractivity contribution is -0.114. The van der Waals surface area contributed by atoms with Gasteiger partial charge in [0.25, 0.3) is 0 Å². The first-order chi connectivity index (χ1) is 6.18. The number of aromatic hydroxyl groups is 1. The average Bonchev–Trinajstić information content (AvgIpc) is 2.12. The Kier molecular flexibility index (Phi) is 1.85. The zero-order chi connectivity index (χ0) is 9.42. The van der Waals surface area contributed by atoms with Crippen molar-refractivity contribution in [1.29, 1.82) is 0 Å². The molecular formula is C10H7ClO2. The molecule has 0 aliphatic heterocycles. The van der Waals surface area contributed by atoms with Crippen LogP contribution in [0, 0.1) is 0 Å². The summed E-state index contributed by atoms with van der Waals surface area (Å²) >= 11 is 5.85. The number of ketones is 1. The molecule has 0 saturated heterocycles. The number of rotatable bonds is 0. The Hall–Kier alpha value is -1.28. The summed E-state index contributed by atoms with van der Waals surface area (Å²) < 4.78 is 0. The summed E-state index contributed by atoms with van der Waals surface area (Å²) in [5.41, 5.74) is 1.62. The maximum atomic E-state index is 11.0. The first-order valence-corrected chi connectivity index (χ1v) is 4.27. The van der Waals surface area contributed by atoms with Crippen LogP contribution in [0.3, 0.4) is 0 Å². The minimum atomic E-state index is 0.0550. The molecule has 0 spiro atoms. The maximum absolute atomic E-state index is 11.0. The number of benzene rings is 1. The standard InChI is InChI=1S/C10H7ClO2/c11-10-8-3-2-7(12)5-6(8)1-4-9(10)13/h1-4,13H,5H2. The van der Waals surface area contributed by atoms with Gasteiger partial charge in [-0.05, 0) is 23.8 Å². The van der Waals surface area contributed by atoms with Gasteiger partial charge in [-0.3, -0.25) is 4.79 Å². The molecule has 0 aromatic heterocycles. The Labute approximate surface area is 80.5 Å². The first kappa shape index (κ1) is 8.32. The molecular weight excluding hydrogens is 188 g/mol. The summed E-state index contributed by atoms with van der Waals surface area (Å²) in [7, 11) is 0. The van der Waals surface area contributed by atoms with E-state index in [1.54, 1.807) is 12.1 Å². The van der Waals surface area contributed by atoms with Crippen molar-refractivity contribution in [2.75, 3.05) is 0 Å². The van der Waals surface area contributed by atoms with Gasteiger partial charge in [0.1, 0.15) is 5.75 Å². The monoisotopic (exact) mass is 194 g/mol. The molecule has 0 heterocycles. The molecule has 0 amide bonds. The van der Waals surface area contributed by atoms with E-state index < -0.39 is 0 Å². The van der Waals surface area contributed by atoms with Crippen molar-refractivity contribution in [3.8, 4) is 5.75 Å². The fourth-order valence-corrected chi connectivity index (χ4v) is 1.63. The van der Waals surface area contributed by atoms with E-state index in [9.17, 15) is 9.90 Å². The highest BCUT2D eigenvalue weighted by molar-refractivity contribution is 6.33. The fourth-order valence-electron chi connectivity index (χ4n) is 1.38. The molecule has 1 aromatic rings. The lowest BCUT2D eigenvalue weighted by Crippen LogP contribution is -2.05. The Morgan fingerprint density at radius 3 is 2.85 bits per heavy atom. The summed E-state index contributed by atoms with van der Waals surface area (Å²) in [6, 6.07) is 3.23. The highest BCUT2D eigenvalue weighted by Gasteiger charge is 2.14. The number of carbonyl (C=O) groups excluding carboxylic acids is 1. The van der Waals surface area contributed by atoms with Crippen molar-refractivity contribution in [2.45, 2.75) is 6.42 Å². The van der Waals surface area contributed by atoms with E-state index in [2.05, 4.69) is 0 Å². The molecule has 1 N–H and O–H groups in total. The molecule has 0 radical (unpaired) electrons. The quantitative estimate of drug-likeness (QED) is 0.688. The van der Waals surface area contributed by atoms with Gasteiger partial charge in [-0.15, -0.1) is 0 Å². The molecule has 0 atom stereocenters. The molecule has 0 fully saturated rings. The zero-order valence-electron chi connectivity index (χ0n) is 6.75. The number of allylic oxidation sites excluding steroid dienone is 1. The van der Waals surface area contributed by atoms with Gasteiger partial charge in [-0.1, -0.05) is 17.7 Å². The van der Waals surface area contributed by atoms with E-state index in [4.69, 9.17) is 11.6 Å². The number of hydrogen-bond acceptors (Lipinski definition) is 2. The van der Waals surface area contributed by atoms with Gasteiger partial charge < -0.3 is 5.11 Å². The van der Waals surface area contributed by atoms with E-state index in [0.29, 0.717) is 11.4 Å². The molecule has 1 aliphatic rings. The Morgan fingerprint density at radius 1 is 1.31 bits per heavy atom. The third-order valence-electron chi connectivity index (χ3n) is 2.05. The molecule has 1 aromatic carbocycles. The van der Waals surface area contributed by atoms with Crippen LogP contribution in [0.25, 0.3) is 6.08 Å². The van der Waals surface area contributed by atoms with Gasteiger partial charge >= 0.3 is 0 Å². The van der Waals surface area contributed by atoms with Crippen LogP contribution in [0.15, 0.2) is 18.2 Å². The maximum Gasteiger partial charge on any atom is 0.160 e. The van der Waals surface area contributed by atoms with Crippen LogP contribution in [-0.2, 0) is 11.2 Å². The number of halogens is 1. The van der Waals surface area contributed by atoms with Gasteiger partial charge in [0.05, 0.1) is 5.02 Å². The molecule has 2 rings (SSSR count). The third-order valence-corrected chi connectivity index (χ3v) is 2.45. The third kappa shape index (κ3) is 1.33. The lowest BCUT2D eigenvalue weighted by atomic mass is 9.96. The van der Waals surface area contributed by atoms with Crippen LogP contribution >= 0.6 is 11.6 Å². The van der Waals surface area contributed by atoms with Crippen molar-refractivity contribution in [1.82, 2.24) is 0 Å². The highest BCUT2D eigenvalue weighted by atomic mass is 35.5. The first-order valence-electron chi connectivity index (χ1n) is 3.90. The summed E-state index contributed by atoms with van der Waals surface area (Å²) in [5.74, 6) is 0.119. The summed E-state index contributed by atoms with van der Waals surface area (Å²) in [6.45, 7) is 0. The van der Waals surface area contributed by atoms with Crippen molar-refractivity contribution in [2.24, 2.45) is 0 Å². The minimum Gasteiger partial charge on any atom is -0.506 e. The Morgan fingerprint density at radius 2 is 2.08 bits per heavy atom. The summed E-state index contributed by atoms with van der Waals surface area (Å²) in [4.78, 5) is 11.0. The van der Waals surface area contributed by atoms with Gasteiger partial charge in [-0.2, -0.15) is 0 Å². The van der Waals surface area contributed by atoms with E-state index in [-0.39, 0.29) is 11.5 Å². The van der Waals surface area contributed by atoms with E-state index in [1.807, 2.05) is 0 Å². The number of phenolic OH excluding ortho intramolecular Hbond substituents is 1. The summed E-state index contributed by atoms with van der Waals surface area (Å²) in [6.07, 6.45) is 3.49. The molecule has 1 aliphatic carbocycles. The van der Waals surface area contributed by atoms with Crippen molar-refractivity contribution >= 4 is 23.5 Å². The second-order valence-corrected chi connectivity index (χ2v) is 3.33. The second kappa shape index (κ2) is 2.89. The highest BCUT2D eigenvalue weighted by Crippen LogP contribution is 2.32. The van der Waals surface area contributed by atoms with Crippen LogP contribution in [0.4, 0.5) is 0 Å². The SMILES string of the molecule is O=C1C=Cc2c(ccc(O)c2Cl)C1. The zero-order valence-corrected chi connectivity index (χ0v) is 7.51. The Balaban J connectivity index is 2.63. The molecule has 66 valence electrons. The van der Waals surface area contributed by atoms with Gasteiger partial charge in [-0.25, -0.2) is 0 Å². The van der Waals surface area contributed by atoms with Gasteiger partial charge in [0.15, 0.2) is 5.78 Å². The Bertz CT molecular complexity index is 408. The number of fused-ring (bicyclic) bond motifs is 1. The van der Waals surface area contributed by atoms with Gasteiger partial charge in [0, 0.05) is 12.0 Å². The minimum absolute atomic E-state index is 0.0550. The van der Waals surface area contributed by atoms with Crippen molar-refractivity contribution < 1.29 is 9.90 Å². The predicted octanol–water partition coefficient (Wildman–Crippen LogP) is 2.18. The van der Waals surface area contributed by atoms with Crippen molar-refractivity contribution in [3.63, 3.8) is 0 Å². The van der Waals surface area contributed by atoms with Crippen LogP contribution in [0.5, 0.6) is 5.75 Å². The van der Waals surface area contributed by atoms with Crippen LogP contribution < -0.4 is 0 Å². The molecule has 0 unspecified atom stereocenters. The van der Waals surface area contributed by atoms with Crippen LogP contribution in [-0.4, -0.2) is 10.9 Å². The molecule has 0 bridgehead atoms. The number of carbonyl (C=O) groups is 1. The van der Waals surface area contributed by atoms with Crippen LogP contribution in [0.2, 0.25) is 5.02 Å². The largest absolute Gasteiger partial charge is 0.506 e. The number of hydrogen-bond donors (Lipinski definition) is 1. The lowest BCUT2D eigenvalue weighted by Gasteiger charge is -2.11. The van der Waals surface area contributed by atoms with Gasteiger partial charge in [0.2, 0.25) is 0 Å².